The molecule has 0 amide bonds. The van der Waals surface area contributed by atoms with E-state index in [1.54, 1.807) is 16.8 Å². The quantitative estimate of drug-likeness (QED) is 0.858. The molecule has 106 valence electrons. The Morgan fingerprint density at radius 3 is 2.95 bits per heavy atom. The molecule has 2 aromatic rings. The number of rotatable bonds is 3. The number of halogens is 1. The molecule has 0 saturated carbocycles. The topological polar surface area (TPSA) is 64.8 Å². The molecule has 0 spiro atoms. The molecule has 3 rings (SSSR count). The minimum absolute atomic E-state index is 0.0662. The molecule has 1 fully saturated rings. The van der Waals surface area contributed by atoms with E-state index < -0.39 is 9.84 Å². The molecule has 0 radical (unpaired) electrons. The second kappa shape index (κ2) is 4.97. The molecular formula is C13H14FN3O2S. The summed E-state index contributed by atoms with van der Waals surface area (Å²) >= 11 is 0. The maximum absolute atomic E-state index is 13.3. The molecule has 0 bridgehead atoms. The number of hydrogen-bond donors (Lipinski definition) is 0. The molecule has 1 aromatic carbocycles. The van der Waals surface area contributed by atoms with Gasteiger partial charge in [-0.3, -0.25) is 0 Å². The van der Waals surface area contributed by atoms with Crippen molar-refractivity contribution >= 4 is 9.84 Å². The van der Waals surface area contributed by atoms with Crippen molar-refractivity contribution in [1.29, 1.82) is 0 Å². The van der Waals surface area contributed by atoms with Gasteiger partial charge in [-0.1, -0.05) is 6.07 Å². The Bertz CT molecular complexity index is 727. The summed E-state index contributed by atoms with van der Waals surface area (Å²) in [4.78, 5) is 4.17. The van der Waals surface area contributed by atoms with Gasteiger partial charge >= 0.3 is 0 Å². The number of hydrogen-bond acceptors (Lipinski definition) is 4. The van der Waals surface area contributed by atoms with Crippen molar-refractivity contribution in [3.63, 3.8) is 0 Å². The van der Waals surface area contributed by atoms with E-state index in [2.05, 4.69) is 10.1 Å². The van der Waals surface area contributed by atoms with Crippen LogP contribution in [0.15, 0.2) is 30.6 Å². The number of sulfone groups is 1. The Morgan fingerprint density at radius 1 is 1.40 bits per heavy atom. The van der Waals surface area contributed by atoms with Crippen LogP contribution in [-0.4, -0.2) is 34.7 Å². The molecule has 0 aliphatic carbocycles. The highest BCUT2D eigenvalue weighted by atomic mass is 32.2. The molecule has 1 saturated heterocycles. The van der Waals surface area contributed by atoms with Crippen molar-refractivity contribution in [3.8, 4) is 5.69 Å². The first-order chi connectivity index (χ1) is 9.53. The Morgan fingerprint density at radius 2 is 2.25 bits per heavy atom. The zero-order chi connectivity index (χ0) is 14.2. The molecule has 5 nitrogen and oxygen atoms in total. The van der Waals surface area contributed by atoms with Gasteiger partial charge in [-0.2, -0.15) is 5.10 Å². The smallest absolute Gasteiger partial charge is 0.150 e. The van der Waals surface area contributed by atoms with Crippen LogP contribution in [0.1, 0.15) is 12.2 Å². The van der Waals surface area contributed by atoms with Crippen LogP contribution < -0.4 is 0 Å². The highest BCUT2D eigenvalue weighted by molar-refractivity contribution is 7.91. The van der Waals surface area contributed by atoms with Gasteiger partial charge in [0.1, 0.15) is 18.0 Å². The van der Waals surface area contributed by atoms with Crippen molar-refractivity contribution in [3.05, 3.63) is 42.2 Å². The molecular weight excluding hydrogens is 281 g/mol. The molecule has 1 atom stereocenters. The van der Waals surface area contributed by atoms with Gasteiger partial charge in [0, 0.05) is 6.42 Å². The van der Waals surface area contributed by atoms with Gasteiger partial charge in [-0.15, -0.1) is 0 Å². The van der Waals surface area contributed by atoms with Crippen LogP contribution in [0.25, 0.3) is 5.69 Å². The van der Waals surface area contributed by atoms with E-state index in [0.29, 0.717) is 24.4 Å². The summed E-state index contributed by atoms with van der Waals surface area (Å²) in [5, 5.41) is 4.10. The van der Waals surface area contributed by atoms with Gasteiger partial charge in [0.2, 0.25) is 0 Å². The lowest BCUT2D eigenvalue weighted by Gasteiger charge is -2.09. The minimum atomic E-state index is -2.90. The second-order valence-corrected chi connectivity index (χ2v) is 7.27. The van der Waals surface area contributed by atoms with E-state index >= 15 is 0 Å². The van der Waals surface area contributed by atoms with Crippen LogP contribution in [0, 0.1) is 11.7 Å². The predicted octanol–water partition coefficient (Wildman–Crippen LogP) is 1.38. The van der Waals surface area contributed by atoms with E-state index in [-0.39, 0.29) is 23.2 Å². The van der Waals surface area contributed by atoms with Crippen molar-refractivity contribution in [2.75, 3.05) is 11.5 Å². The fourth-order valence-electron chi connectivity index (χ4n) is 2.52. The first-order valence-electron chi connectivity index (χ1n) is 6.39. The first kappa shape index (κ1) is 13.2. The Labute approximate surface area is 116 Å². The molecule has 0 N–H and O–H groups in total. The fourth-order valence-corrected chi connectivity index (χ4v) is 4.38. The highest BCUT2D eigenvalue weighted by Gasteiger charge is 2.29. The third kappa shape index (κ3) is 2.72. The van der Waals surface area contributed by atoms with Crippen LogP contribution >= 0.6 is 0 Å². The van der Waals surface area contributed by atoms with E-state index in [0.717, 1.165) is 0 Å². The minimum Gasteiger partial charge on any atom is -0.229 e. The summed E-state index contributed by atoms with van der Waals surface area (Å²) < 4.78 is 37.8. The largest absolute Gasteiger partial charge is 0.229 e. The Hall–Kier alpha value is -1.76. The molecule has 1 unspecified atom stereocenters. The molecule has 20 heavy (non-hydrogen) atoms. The third-order valence-corrected chi connectivity index (χ3v) is 5.31. The zero-order valence-corrected chi connectivity index (χ0v) is 11.6. The molecule has 1 aromatic heterocycles. The average Bonchev–Trinajstić information content (AvgIpc) is 2.96. The molecule has 1 aliphatic rings. The van der Waals surface area contributed by atoms with Crippen LogP contribution in [0.5, 0.6) is 0 Å². The number of benzene rings is 1. The van der Waals surface area contributed by atoms with E-state index in [1.165, 1.54) is 18.5 Å². The Balaban J connectivity index is 1.84. The maximum Gasteiger partial charge on any atom is 0.150 e. The summed E-state index contributed by atoms with van der Waals surface area (Å²) in [6.45, 7) is 0. The summed E-state index contributed by atoms with van der Waals surface area (Å²) in [5.41, 5.74) is 0.596. The maximum atomic E-state index is 13.3. The van der Waals surface area contributed by atoms with Gasteiger partial charge in [-0.25, -0.2) is 22.5 Å². The van der Waals surface area contributed by atoms with Crippen LogP contribution in [0.4, 0.5) is 4.39 Å². The van der Waals surface area contributed by atoms with Crippen molar-refractivity contribution < 1.29 is 12.8 Å². The van der Waals surface area contributed by atoms with Gasteiger partial charge in [0.05, 0.1) is 17.2 Å². The molecule has 1 aliphatic heterocycles. The predicted molar refractivity (Wildman–Crippen MR) is 71.8 cm³/mol. The fraction of sp³-hybridized carbons (Fsp3) is 0.385. The van der Waals surface area contributed by atoms with Gasteiger partial charge in [0.25, 0.3) is 0 Å². The average molecular weight is 295 g/mol. The summed E-state index contributed by atoms with van der Waals surface area (Å²) in [6.07, 6.45) is 2.60. The van der Waals surface area contributed by atoms with E-state index in [1.807, 2.05) is 0 Å². The lowest BCUT2D eigenvalue weighted by atomic mass is 10.1. The summed E-state index contributed by atoms with van der Waals surface area (Å²) in [6, 6.07) is 6.09. The molecule has 7 heteroatoms. The van der Waals surface area contributed by atoms with Crippen molar-refractivity contribution in [2.45, 2.75) is 12.8 Å². The first-order valence-corrected chi connectivity index (χ1v) is 8.21. The third-order valence-electron chi connectivity index (χ3n) is 3.47. The molecule has 2 heterocycles. The van der Waals surface area contributed by atoms with Gasteiger partial charge in [-0.05, 0) is 30.5 Å². The van der Waals surface area contributed by atoms with E-state index in [4.69, 9.17) is 0 Å². The monoisotopic (exact) mass is 295 g/mol. The van der Waals surface area contributed by atoms with Gasteiger partial charge < -0.3 is 0 Å². The van der Waals surface area contributed by atoms with Crippen molar-refractivity contribution in [1.82, 2.24) is 14.8 Å². The highest BCUT2D eigenvalue weighted by Crippen LogP contribution is 2.22. The summed E-state index contributed by atoms with van der Waals surface area (Å²) in [7, 11) is -2.90. The lowest BCUT2D eigenvalue weighted by Crippen LogP contribution is -2.12. The normalized spacial score (nSPS) is 21.1. The Kier molecular flexibility index (Phi) is 3.29. The second-order valence-electron chi connectivity index (χ2n) is 5.04. The van der Waals surface area contributed by atoms with Crippen LogP contribution in [0.2, 0.25) is 0 Å². The van der Waals surface area contributed by atoms with Crippen LogP contribution in [0.3, 0.4) is 0 Å². The number of aromatic nitrogens is 3. The number of nitrogens with zero attached hydrogens (tertiary/aromatic N) is 3. The van der Waals surface area contributed by atoms with Gasteiger partial charge in [0.15, 0.2) is 9.84 Å². The lowest BCUT2D eigenvalue weighted by molar-refractivity contribution is 0.559. The zero-order valence-electron chi connectivity index (χ0n) is 10.7. The summed E-state index contributed by atoms with van der Waals surface area (Å²) in [5.74, 6) is 0.830. The standard InChI is InChI=1S/C13H14FN3O2S/c14-11-2-1-3-12(7-11)17-13(15-9-16-17)6-10-4-5-20(18,19)8-10/h1-3,7,9-10H,4-6,8H2. The SMILES string of the molecule is O=S1(=O)CCC(Cc2ncnn2-c2cccc(F)c2)C1. The van der Waals surface area contributed by atoms with Crippen molar-refractivity contribution in [2.24, 2.45) is 5.92 Å². The van der Waals surface area contributed by atoms with E-state index in [9.17, 15) is 12.8 Å². The van der Waals surface area contributed by atoms with Crippen LogP contribution in [-0.2, 0) is 16.3 Å².